The van der Waals surface area contributed by atoms with Crippen molar-refractivity contribution in [3.8, 4) is 0 Å². The molecule has 0 unspecified atom stereocenters. The van der Waals surface area contributed by atoms with Crippen LogP contribution in [-0.4, -0.2) is 4.98 Å². The molecule has 0 bridgehead atoms. The number of hydrogen-bond donors (Lipinski definition) is 0. The molecule has 60 valence electrons. The molecule has 4 heteroatoms. The molecule has 2 heterocycles. The summed E-state index contributed by atoms with van der Waals surface area (Å²) in [6.07, 6.45) is 1.59. The molecule has 0 saturated heterocycles. The van der Waals surface area contributed by atoms with E-state index in [1.807, 2.05) is 6.07 Å². The number of halogens is 1. The van der Waals surface area contributed by atoms with Crippen LogP contribution in [0.4, 0.5) is 0 Å². The standard InChI is InChI=1S/C8H4BrNO2/c9-6-3-5-1-2-7(11)12-8(5)10-4-6/h1-4H. The van der Waals surface area contributed by atoms with Crippen molar-refractivity contribution < 1.29 is 4.42 Å². The monoisotopic (exact) mass is 225 g/mol. The minimum absolute atomic E-state index is 0.366. The van der Waals surface area contributed by atoms with Gasteiger partial charge in [0.05, 0.1) is 0 Å². The second kappa shape index (κ2) is 2.71. The molecule has 0 aromatic carbocycles. The van der Waals surface area contributed by atoms with E-state index in [1.165, 1.54) is 6.07 Å². The summed E-state index contributed by atoms with van der Waals surface area (Å²) in [5.74, 6) is 0. The lowest BCUT2D eigenvalue weighted by Crippen LogP contribution is -1.95. The summed E-state index contributed by atoms with van der Waals surface area (Å²) in [4.78, 5) is 14.7. The van der Waals surface area contributed by atoms with Crippen LogP contribution in [-0.2, 0) is 0 Å². The molecule has 0 fully saturated rings. The molecular formula is C8H4BrNO2. The normalized spacial score (nSPS) is 10.4. The number of nitrogens with zero attached hydrogens (tertiary/aromatic N) is 1. The Morgan fingerprint density at radius 3 is 3.08 bits per heavy atom. The maximum Gasteiger partial charge on any atom is 0.337 e. The van der Waals surface area contributed by atoms with E-state index in [1.54, 1.807) is 12.3 Å². The van der Waals surface area contributed by atoms with Crippen molar-refractivity contribution in [3.05, 3.63) is 39.3 Å². The van der Waals surface area contributed by atoms with Gasteiger partial charge in [-0.3, -0.25) is 0 Å². The topological polar surface area (TPSA) is 43.1 Å². The fraction of sp³-hybridized carbons (Fsp3) is 0. The molecule has 2 rings (SSSR count). The average Bonchev–Trinajstić information content (AvgIpc) is 2.05. The Morgan fingerprint density at radius 2 is 2.25 bits per heavy atom. The zero-order valence-corrected chi connectivity index (χ0v) is 7.54. The Kier molecular flexibility index (Phi) is 1.69. The van der Waals surface area contributed by atoms with Gasteiger partial charge in [0.1, 0.15) is 0 Å². The number of rotatable bonds is 0. The minimum atomic E-state index is -0.377. The van der Waals surface area contributed by atoms with Crippen LogP contribution >= 0.6 is 15.9 Å². The van der Waals surface area contributed by atoms with E-state index in [0.717, 1.165) is 9.86 Å². The smallest absolute Gasteiger partial charge is 0.337 e. The van der Waals surface area contributed by atoms with Gasteiger partial charge >= 0.3 is 5.63 Å². The van der Waals surface area contributed by atoms with Crippen LogP contribution < -0.4 is 5.63 Å². The SMILES string of the molecule is O=c1ccc2cc(Br)cnc2o1. The summed E-state index contributed by atoms with van der Waals surface area (Å²) in [7, 11) is 0. The Morgan fingerprint density at radius 1 is 1.42 bits per heavy atom. The van der Waals surface area contributed by atoms with Crippen molar-refractivity contribution >= 4 is 27.0 Å². The second-order valence-corrected chi connectivity index (χ2v) is 3.22. The molecule has 0 aliphatic heterocycles. The Bertz CT molecular complexity index is 478. The highest BCUT2D eigenvalue weighted by Crippen LogP contribution is 2.14. The number of aromatic nitrogens is 1. The molecule has 0 aliphatic carbocycles. The van der Waals surface area contributed by atoms with Gasteiger partial charge in [-0.2, -0.15) is 0 Å². The zero-order chi connectivity index (χ0) is 8.55. The highest BCUT2D eigenvalue weighted by atomic mass is 79.9. The lowest BCUT2D eigenvalue weighted by molar-refractivity contribution is 0.549. The van der Waals surface area contributed by atoms with Crippen molar-refractivity contribution in [1.29, 1.82) is 0 Å². The summed E-state index contributed by atoms with van der Waals surface area (Å²) in [6, 6.07) is 4.89. The van der Waals surface area contributed by atoms with Crippen LogP contribution in [0.2, 0.25) is 0 Å². The zero-order valence-electron chi connectivity index (χ0n) is 5.95. The van der Waals surface area contributed by atoms with Gasteiger partial charge in [0.25, 0.3) is 0 Å². The quantitative estimate of drug-likeness (QED) is 0.689. The summed E-state index contributed by atoms with van der Waals surface area (Å²) in [5, 5.41) is 0.809. The van der Waals surface area contributed by atoms with Crippen LogP contribution in [0.5, 0.6) is 0 Å². The molecule has 0 amide bonds. The second-order valence-electron chi connectivity index (χ2n) is 2.30. The van der Waals surface area contributed by atoms with Gasteiger partial charge < -0.3 is 4.42 Å². The van der Waals surface area contributed by atoms with Gasteiger partial charge in [0.2, 0.25) is 5.71 Å². The lowest BCUT2D eigenvalue weighted by atomic mass is 10.3. The van der Waals surface area contributed by atoms with Crippen molar-refractivity contribution in [1.82, 2.24) is 4.98 Å². The molecule has 0 N–H and O–H groups in total. The van der Waals surface area contributed by atoms with Crippen LogP contribution in [0.1, 0.15) is 0 Å². The maximum absolute atomic E-state index is 10.7. The van der Waals surface area contributed by atoms with Crippen LogP contribution in [0.25, 0.3) is 11.1 Å². The molecule has 0 spiro atoms. The van der Waals surface area contributed by atoms with Crippen LogP contribution in [0.15, 0.2) is 38.1 Å². The Hall–Kier alpha value is -1.16. The van der Waals surface area contributed by atoms with E-state index < -0.39 is 0 Å². The van der Waals surface area contributed by atoms with Crippen LogP contribution in [0.3, 0.4) is 0 Å². The van der Waals surface area contributed by atoms with Crippen LogP contribution in [0, 0.1) is 0 Å². The fourth-order valence-electron chi connectivity index (χ4n) is 0.934. The number of fused-ring (bicyclic) bond motifs is 1. The Balaban J connectivity index is 2.87. The van der Waals surface area contributed by atoms with Gasteiger partial charge in [-0.15, -0.1) is 0 Å². The predicted octanol–water partition coefficient (Wildman–Crippen LogP) is 1.95. The van der Waals surface area contributed by atoms with Crippen molar-refractivity contribution in [2.75, 3.05) is 0 Å². The summed E-state index contributed by atoms with van der Waals surface area (Å²) in [6.45, 7) is 0. The Labute approximate surface area is 76.2 Å². The lowest BCUT2D eigenvalue weighted by Gasteiger charge is -1.93. The molecule has 0 radical (unpaired) electrons. The number of pyridine rings is 1. The van der Waals surface area contributed by atoms with Crippen molar-refractivity contribution in [2.24, 2.45) is 0 Å². The summed E-state index contributed by atoms with van der Waals surface area (Å²) in [5.41, 5.74) is -0.0111. The first kappa shape index (κ1) is 7.49. The maximum atomic E-state index is 10.7. The van der Waals surface area contributed by atoms with Gasteiger partial charge in [-0.25, -0.2) is 9.78 Å². The van der Waals surface area contributed by atoms with E-state index in [0.29, 0.717) is 5.71 Å². The largest absolute Gasteiger partial charge is 0.404 e. The third-order valence-corrected chi connectivity index (χ3v) is 1.88. The van der Waals surface area contributed by atoms with Crippen molar-refractivity contribution in [2.45, 2.75) is 0 Å². The van der Waals surface area contributed by atoms with Gasteiger partial charge in [0.15, 0.2) is 0 Å². The molecular weight excluding hydrogens is 222 g/mol. The van der Waals surface area contributed by atoms with Gasteiger partial charge in [-0.1, -0.05) is 0 Å². The first-order valence-electron chi connectivity index (χ1n) is 3.31. The molecule has 2 aromatic rings. The molecule has 0 saturated carbocycles. The third-order valence-electron chi connectivity index (χ3n) is 1.44. The molecule has 3 nitrogen and oxygen atoms in total. The van der Waals surface area contributed by atoms with E-state index in [9.17, 15) is 4.79 Å². The highest BCUT2D eigenvalue weighted by molar-refractivity contribution is 9.10. The van der Waals surface area contributed by atoms with E-state index in [2.05, 4.69) is 20.9 Å². The predicted molar refractivity (Wildman–Crippen MR) is 48.0 cm³/mol. The molecule has 12 heavy (non-hydrogen) atoms. The molecule has 0 atom stereocenters. The summed E-state index contributed by atoms with van der Waals surface area (Å²) < 4.78 is 5.69. The highest BCUT2D eigenvalue weighted by Gasteiger charge is 1.97. The van der Waals surface area contributed by atoms with E-state index in [4.69, 9.17) is 4.42 Å². The first-order valence-corrected chi connectivity index (χ1v) is 4.10. The first-order chi connectivity index (χ1) is 5.75. The molecule has 0 aliphatic rings. The van der Waals surface area contributed by atoms with Gasteiger partial charge in [-0.05, 0) is 28.1 Å². The van der Waals surface area contributed by atoms with Gasteiger partial charge in [0, 0.05) is 22.1 Å². The average molecular weight is 226 g/mol. The number of hydrogen-bond acceptors (Lipinski definition) is 3. The fourth-order valence-corrected chi connectivity index (χ4v) is 1.28. The minimum Gasteiger partial charge on any atom is -0.404 e. The van der Waals surface area contributed by atoms with E-state index in [-0.39, 0.29) is 5.63 Å². The van der Waals surface area contributed by atoms with E-state index >= 15 is 0 Å². The summed E-state index contributed by atoms with van der Waals surface area (Å²) >= 11 is 3.27. The third kappa shape index (κ3) is 1.25. The van der Waals surface area contributed by atoms with Crippen molar-refractivity contribution in [3.63, 3.8) is 0 Å². The molecule has 2 aromatic heterocycles.